The number of fused-ring (bicyclic) bond motifs is 10. The van der Waals surface area contributed by atoms with Gasteiger partial charge in [0.2, 0.25) is 0 Å². The van der Waals surface area contributed by atoms with Crippen LogP contribution in [-0.2, 0) is 21.7 Å². The lowest BCUT2D eigenvalue weighted by Crippen LogP contribution is -2.61. The predicted octanol–water partition coefficient (Wildman–Crippen LogP) is 19.9. The smallest absolute Gasteiger partial charge is 0.252 e. The second kappa shape index (κ2) is 18.6. The third-order valence-corrected chi connectivity index (χ3v) is 18.7. The Kier molecular flexibility index (Phi) is 11.8. The molecule has 0 radical (unpaired) electrons. The van der Waals surface area contributed by atoms with E-state index >= 15 is 0 Å². The fourth-order valence-electron chi connectivity index (χ4n) is 13.1. The molecule has 0 bridgehead atoms. The summed E-state index contributed by atoms with van der Waals surface area (Å²) in [5.74, 6) is 0. The van der Waals surface area contributed by atoms with Crippen molar-refractivity contribution in [1.82, 2.24) is 4.57 Å². The van der Waals surface area contributed by atoms with Crippen molar-refractivity contribution in [2.45, 2.75) is 105 Å². The number of hydrogen-bond donors (Lipinski definition) is 0. The third-order valence-electron chi connectivity index (χ3n) is 17.6. The highest BCUT2D eigenvalue weighted by molar-refractivity contribution is 7.25. The van der Waals surface area contributed by atoms with E-state index < -0.39 is 0 Å². The number of rotatable bonds is 6. The third kappa shape index (κ3) is 8.47. The Morgan fingerprint density at radius 1 is 0.329 bits per heavy atom. The van der Waals surface area contributed by atoms with Crippen LogP contribution in [-0.4, -0.2) is 11.3 Å². The maximum Gasteiger partial charge on any atom is 0.252 e. The van der Waals surface area contributed by atoms with Gasteiger partial charge in [-0.1, -0.05) is 192 Å². The van der Waals surface area contributed by atoms with Crippen LogP contribution >= 0.6 is 11.3 Å². The van der Waals surface area contributed by atoms with E-state index in [1.54, 1.807) is 0 Å². The molecular formula is C76H71BN4S. The average Bonchev–Trinajstić information content (AvgIpc) is 3.94. The van der Waals surface area contributed by atoms with Gasteiger partial charge >= 0.3 is 0 Å². The molecule has 12 aromatic rings. The highest BCUT2D eigenvalue weighted by Crippen LogP contribution is 2.50. The summed E-state index contributed by atoms with van der Waals surface area (Å²) in [5, 5.41) is 5.06. The van der Waals surface area contributed by atoms with E-state index in [9.17, 15) is 0 Å². The SMILES string of the molecule is CC(C)(C)c1ccc(N(c2ccc3c(c2)N(c2ccc4c(c2)sc2ccccc24)c2cc(C(C)(C)C)cc4c2B3c2cc(C(C)(C)C)ccc2N4c2ccc(C(C)(C)C)cc2)c2ccc3c4ccccc4n(-c4ccccc4)c3c2)cc1. The maximum atomic E-state index is 2.63. The summed E-state index contributed by atoms with van der Waals surface area (Å²) in [6, 6.07) is 81.3. The first kappa shape index (κ1) is 51.8. The first-order valence-corrected chi connectivity index (χ1v) is 30.1. The zero-order valence-corrected chi connectivity index (χ0v) is 50.3. The van der Waals surface area contributed by atoms with Gasteiger partial charge in [-0.15, -0.1) is 11.3 Å². The molecule has 404 valence electrons. The van der Waals surface area contributed by atoms with Crippen molar-refractivity contribution in [2.75, 3.05) is 14.7 Å². The average molecular weight is 1080 g/mol. The van der Waals surface area contributed by atoms with E-state index in [2.05, 4.69) is 315 Å². The second-order valence-corrected chi connectivity index (χ2v) is 28.2. The second-order valence-electron chi connectivity index (χ2n) is 27.1. The van der Waals surface area contributed by atoms with Crippen molar-refractivity contribution in [2.24, 2.45) is 0 Å². The number of anilines is 9. The Morgan fingerprint density at radius 2 is 0.854 bits per heavy atom. The summed E-state index contributed by atoms with van der Waals surface area (Å²) in [5.41, 5.74) is 22.9. The van der Waals surface area contributed by atoms with Crippen LogP contribution in [0.15, 0.2) is 212 Å². The van der Waals surface area contributed by atoms with E-state index in [4.69, 9.17) is 0 Å². The summed E-state index contributed by atoms with van der Waals surface area (Å²) in [6.07, 6.45) is 0. The number of para-hydroxylation sites is 2. The van der Waals surface area contributed by atoms with Gasteiger partial charge in [0.05, 0.1) is 11.0 Å². The van der Waals surface area contributed by atoms with Crippen molar-refractivity contribution in [1.29, 1.82) is 0 Å². The zero-order valence-electron chi connectivity index (χ0n) is 49.5. The van der Waals surface area contributed by atoms with Crippen molar-refractivity contribution >= 4 is 128 Å². The molecule has 4 heterocycles. The molecule has 0 spiro atoms. The van der Waals surface area contributed by atoms with Crippen molar-refractivity contribution in [3.05, 3.63) is 235 Å². The molecule has 0 atom stereocenters. The van der Waals surface area contributed by atoms with Gasteiger partial charge in [-0.25, -0.2) is 0 Å². The van der Waals surface area contributed by atoms with Gasteiger partial charge in [-0.05, 0) is 163 Å². The van der Waals surface area contributed by atoms with Crippen LogP contribution in [0.25, 0.3) is 47.7 Å². The first-order valence-electron chi connectivity index (χ1n) is 29.3. The topological polar surface area (TPSA) is 14.7 Å². The van der Waals surface area contributed by atoms with E-state index in [0.29, 0.717) is 0 Å². The fraction of sp³-hybridized carbons (Fsp3) is 0.211. The normalized spacial score (nSPS) is 13.5. The minimum absolute atomic E-state index is 0.00647. The Balaban J connectivity index is 1.07. The van der Waals surface area contributed by atoms with Gasteiger partial charge in [0, 0.05) is 87.8 Å². The molecule has 0 fully saturated rings. The van der Waals surface area contributed by atoms with E-state index in [-0.39, 0.29) is 28.4 Å². The Morgan fingerprint density at radius 3 is 1.54 bits per heavy atom. The lowest BCUT2D eigenvalue weighted by atomic mass is 9.33. The summed E-state index contributed by atoms with van der Waals surface area (Å²) in [7, 11) is 0. The molecule has 2 aliphatic heterocycles. The Labute approximate surface area is 489 Å². The van der Waals surface area contributed by atoms with Crippen LogP contribution in [0, 0.1) is 0 Å². The number of nitrogens with zero attached hydrogens (tertiary/aromatic N) is 4. The summed E-state index contributed by atoms with van der Waals surface area (Å²) in [4.78, 5) is 7.71. The molecule has 6 heteroatoms. The fourth-order valence-corrected chi connectivity index (χ4v) is 14.2. The van der Waals surface area contributed by atoms with Crippen LogP contribution in [0.3, 0.4) is 0 Å². The lowest BCUT2D eigenvalue weighted by Gasteiger charge is -2.45. The van der Waals surface area contributed by atoms with Gasteiger partial charge in [-0.2, -0.15) is 0 Å². The Bertz CT molecular complexity index is 4500. The molecule has 4 nitrogen and oxygen atoms in total. The molecule has 2 aliphatic rings. The highest BCUT2D eigenvalue weighted by atomic mass is 32.1. The van der Waals surface area contributed by atoms with Crippen molar-refractivity contribution in [3.63, 3.8) is 0 Å². The van der Waals surface area contributed by atoms with Crippen LogP contribution in [0.1, 0.15) is 105 Å². The number of hydrogen-bond acceptors (Lipinski definition) is 4. The molecular weight excluding hydrogens is 1010 g/mol. The molecule has 14 rings (SSSR count). The molecule has 0 saturated carbocycles. The first-order chi connectivity index (χ1) is 39.2. The zero-order chi connectivity index (χ0) is 56.8. The molecule has 0 N–H and O–H groups in total. The predicted molar refractivity (Wildman–Crippen MR) is 357 cm³/mol. The van der Waals surface area contributed by atoms with E-state index in [1.165, 1.54) is 109 Å². The van der Waals surface area contributed by atoms with E-state index in [1.807, 2.05) is 11.3 Å². The summed E-state index contributed by atoms with van der Waals surface area (Å²) < 4.78 is 5.02. The molecule has 0 aliphatic carbocycles. The largest absolute Gasteiger partial charge is 0.311 e. The number of thiophene rings is 1. The van der Waals surface area contributed by atoms with Crippen molar-refractivity contribution < 1.29 is 0 Å². The molecule has 10 aromatic carbocycles. The standard InChI is InChI=1S/C76H71BN4S/c1-73(2,3)48-26-31-53(32-27-48)78(55-35-38-59-58-22-16-18-24-64(58)79(66(59)45-55)52-20-14-13-15-21-52)56-37-40-62-67(46-56)81(57-36-39-61-60-23-17-19-25-70(60)82-71(61)47-57)69-44-51(76(10,11)12)43-68-72(69)77(62)63-42-50(75(7,8)9)30-41-65(63)80(68)54-33-28-49(29-34-54)74(4,5)6/h13-47H,1-12H3. The number of aromatic nitrogens is 1. The van der Waals surface area contributed by atoms with Crippen LogP contribution in [0.4, 0.5) is 51.2 Å². The minimum atomic E-state index is -0.167. The maximum absolute atomic E-state index is 2.63. The minimum Gasteiger partial charge on any atom is -0.311 e. The molecule has 0 unspecified atom stereocenters. The molecule has 0 amide bonds. The summed E-state index contributed by atoms with van der Waals surface area (Å²) >= 11 is 1.89. The van der Waals surface area contributed by atoms with Gasteiger partial charge in [0.1, 0.15) is 0 Å². The molecule has 2 aromatic heterocycles. The molecule has 0 saturated heterocycles. The number of benzene rings is 10. The lowest BCUT2D eigenvalue weighted by molar-refractivity contribution is 0.589. The van der Waals surface area contributed by atoms with Gasteiger partial charge in [0.25, 0.3) is 6.71 Å². The quantitative estimate of drug-likeness (QED) is 0.154. The Hall–Kier alpha value is -8.32. The van der Waals surface area contributed by atoms with Crippen LogP contribution < -0.4 is 31.1 Å². The van der Waals surface area contributed by atoms with Crippen LogP contribution in [0.2, 0.25) is 0 Å². The van der Waals surface area contributed by atoms with Gasteiger partial charge in [0.15, 0.2) is 0 Å². The summed E-state index contributed by atoms with van der Waals surface area (Å²) in [6.45, 7) is 27.9. The van der Waals surface area contributed by atoms with E-state index in [0.717, 1.165) is 28.4 Å². The highest BCUT2D eigenvalue weighted by Gasteiger charge is 2.45. The monoisotopic (exact) mass is 1080 g/mol. The van der Waals surface area contributed by atoms with Gasteiger partial charge in [-0.3, -0.25) is 0 Å². The van der Waals surface area contributed by atoms with Crippen molar-refractivity contribution in [3.8, 4) is 5.69 Å². The molecule has 82 heavy (non-hydrogen) atoms. The van der Waals surface area contributed by atoms with Crippen LogP contribution in [0.5, 0.6) is 0 Å². The van der Waals surface area contributed by atoms with Gasteiger partial charge < -0.3 is 19.3 Å².